The van der Waals surface area contributed by atoms with E-state index in [0.29, 0.717) is 0 Å². The van der Waals surface area contributed by atoms with E-state index in [2.05, 4.69) is 71.7 Å². The van der Waals surface area contributed by atoms with E-state index in [9.17, 15) is 0 Å². The minimum absolute atomic E-state index is 1.14. The summed E-state index contributed by atoms with van der Waals surface area (Å²) in [6.45, 7) is 13.5. The largest absolute Gasteiger partial charge is 0.312 e. The van der Waals surface area contributed by atoms with Crippen LogP contribution in [0.25, 0.3) is 0 Å². The molecule has 3 aliphatic heterocycles. The summed E-state index contributed by atoms with van der Waals surface area (Å²) in [5.41, 5.74) is 0. The summed E-state index contributed by atoms with van der Waals surface area (Å²) in [5, 5.41) is 0. The van der Waals surface area contributed by atoms with E-state index in [0.717, 1.165) is 6.67 Å². The van der Waals surface area contributed by atoms with Crippen LogP contribution in [0.1, 0.15) is 6.42 Å². The minimum Gasteiger partial charge on any atom is -0.312 e. The topological polar surface area (TPSA) is 22.7 Å². The zero-order valence-electron chi connectivity index (χ0n) is 20.6. The van der Waals surface area contributed by atoms with Gasteiger partial charge in [-0.1, -0.05) is 0 Å². The van der Waals surface area contributed by atoms with Gasteiger partial charge in [0.05, 0.1) is 6.67 Å². The number of rotatable bonds is 0. The van der Waals surface area contributed by atoms with Gasteiger partial charge in [-0.15, -0.1) is 0 Å². The van der Waals surface area contributed by atoms with Crippen LogP contribution in [0.4, 0.5) is 0 Å². The third-order valence-electron chi connectivity index (χ3n) is 5.02. The summed E-state index contributed by atoms with van der Waals surface area (Å²) in [6.07, 6.45) is 1.33. The maximum Gasteiger partial charge on any atom is 0.0501 e. The van der Waals surface area contributed by atoms with Crippen molar-refractivity contribution in [3.63, 3.8) is 0 Å². The number of piperazine rings is 1. The van der Waals surface area contributed by atoms with Crippen LogP contribution >= 0.6 is 0 Å². The van der Waals surface area contributed by atoms with Crippen LogP contribution in [-0.4, -0.2) is 170 Å². The third-order valence-corrected chi connectivity index (χ3v) is 5.02. The van der Waals surface area contributed by atoms with Gasteiger partial charge >= 0.3 is 0 Å². The summed E-state index contributed by atoms with van der Waals surface area (Å²) >= 11 is 0. The molecule has 0 saturated carbocycles. The summed E-state index contributed by atoms with van der Waals surface area (Å²) in [6, 6.07) is 0. The van der Waals surface area contributed by atoms with E-state index in [1.165, 1.54) is 71.9 Å². The fourth-order valence-corrected chi connectivity index (χ4v) is 2.98. The van der Waals surface area contributed by atoms with Crippen molar-refractivity contribution in [1.29, 1.82) is 0 Å². The van der Waals surface area contributed by atoms with Gasteiger partial charge in [-0.3, -0.25) is 9.80 Å². The molecule has 3 rings (SSSR count). The molecule has 0 radical (unpaired) electrons. The Morgan fingerprint density at radius 3 is 0.821 bits per heavy atom. The molecule has 7 heteroatoms. The maximum atomic E-state index is 2.39. The van der Waals surface area contributed by atoms with Crippen LogP contribution in [0, 0.1) is 0 Å². The molecular formula is C21H51N7. The Morgan fingerprint density at radius 1 is 0.393 bits per heavy atom. The first-order valence-corrected chi connectivity index (χ1v) is 10.8. The lowest BCUT2D eigenvalue weighted by atomic mass is 10.4. The molecule has 3 fully saturated rings. The molecule has 170 valence electrons. The molecule has 0 aromatic heterocycles. The van der Waals surface area contributed by atoms with Crippen molar-refractivity contribution in [3.8, 4) is 0 Å². The van der Waals surface area contributed by atoms with Crippen molar-refractivity contribution >= 4 is 0 Å². The fraction of sp³-hybridized carbons (Fsp3) is 1.00. The highest BCUT2D eigenvalue weighted by atomic mass is 15.3. The van der Waals surface area contributed by atoms with Crippen LogP contribution in [0.3, 0.4) is 0 Å². The van der Waals surface area contributed by atoms with Crippen LogP contribution in [0.5, 0.6) is 0 Å². The van der Waals surface area contributed by atoms with Gasteiger partial charge in [0.2, 0.25) is 0 Å². The second-order valence-electron chi connectivity index (χ2n) is 9.21. The van der Waals surface area contributed by atoms with E-state index in [1.54, 1.807) is 0 Å². The number of likely N-dealkylation sites (N-methyl/N-ethyl adjacent to an activating group) is 6. The molecule has 0 aromatic rings. The first-order valence-electron chi connectivity index (χ1n) is 10.8. The van der Waals surface area contributed by atoms with Crippen LogP contribution in [-0.2, 0) is 0 Å². The monoisotopic (exact) mass is 401 g/mol. The Hall–Kier alpha value is -0.280. The molecule has 0 aliphatic carbocycles. The average Bonchev–Trinajstić information content (AvgIpc) is 2.88. The molecule has 0 N–H and O–H groups in total. The Labute approximate surface area is 176 Å². The predicted octanol–water partition coefficient (Wildman–Crippen LogP) is 0.116. The van der Waals surface area contributed by atoms with Crippen molar-refractivity contribution in [2.45, 2.75) is 6.42 Å². The molecule has 3 aliphatic rings. The number of hydrogen-bond acceptors (Lipinski definition) is 7. The highest BCUT2D eigenvalue weighted by Crippen LogP contribution is 1.97. The summed E-state index contributed by atoms with van der Waals surface area (Å²) in [4.78, 5) is 16.1. The minimum atomic E-state index is 1.14. The van der Waals surface area contributed by atoms with Crippen molar-refractivity contribution < 1.29 is 0 Å². The zero-order valence-corrected chi connectivity index (χ0v) is 20.6. The first kappa shape index (κ1) is 27.7. The van der Waals surface area contributed by atoms with Crippen LogP contribution < -0.4 is 0 Å². The molecular weight excluding hydrogens is 350 g/mol. The van der Waals surface area contributed by atoms with Crippen molar-refractivity contribution in [2.24, 2.45) is 0 Å². The second kappa shape index (κ2) is 16.5. The molecule has 3 saturated heterocycles. The molecule has 0 bridgehead atoms. The lowest BCUT2D eigenvalue weighted by Gasteiger charge is -2.28. The predicted molar refractivity (Wildman–Crippen MR) is 124 cm³/mol. The fourth-order valence-electron chi connectivity index (χ4n) is 2.98. The third kappa shape index (κ3) is 17.8. The normalized spacial score (nSPS) is 23.8. The van der Waals surface area contributed by atoms with E-state index in [4.69, 9.17) is 0 Å². The zero-order chi connectivity index (χ0) is 21.5. The van der Waals surface area contributed by atoms with Gasteiger partial charge in [-0.25, -0.2) is 0 Å². The molecule has 0 spiro atoms. The Kier molecular flexibility index (Phi) is 16.3. The molecule has 28 heavy (non-hydrogen) atoms. The van der Waals surface area contributed by atoms with Gasteiger partial charge in [-0.05, 0) is 82.9 Å². The first-order chi connectivity index (χ1) is 13.1. The van der Waals surface area contributed by atoms with E-state index < -0.39 is 0 Å². The summed E-state index contributed by atoms with van der Waals surface area (Å²) < 4.78 is 0. The molecule has 0 aromatic carbocycles. The molecule has 0 unspecified atom stereocenters. The lowest BCUT2D eigenvalue weighted by molar-refractivity contribution is 0.181. The average molecular weight is 402 g/mol. The highest BCUT2D eigenvalue weighted by molar-refractivity contribution is 4.65. The Bertz CT molecular complexity index is 315. The quantitative estimate of drug-likeness (QED) is 0.568. The van der Waals surface area contributed by atoms with Crippen LogP contribution in [0.2, 0.25) is 0 Å². The maximum absolute atomic E-state index is 2.39. The second-order valence-corrected chi connectivity index (χ2v) is 9.21. The van der Waals surface area contributed by atoms with E-state index >= 15 is 0 Å². The van der Waals surface area contributed by atoms with Gasteiger partial charge in [0.1, 0.15) is 0 Å². The van der Waals surface area contributed by atoms with Crippen LogP contribution in [0.15, 0.2) is 0 Å². The van der Waals surface area contributed by atoms with Gasteiger partial charge in [-0.2, -0.15) is 0 Å². The smallest absolute Gasteiger partial charge is 0.0501 e. The standard InChI is InChI=1S/C7H16N2.C6H14N2.C5H12N2.C3H9N/c1-8-4-3-5-9(2)7-6-8;1-7-3-5-8(2)6-4-7;1-6-3-4-7(2)5-6;1-4(2)3/h3-7H2,1-2H3;3-6H2,1-2H3;3-5H2,1-2H3;1-3H3. The lowest BCUT2D eigenvalue weighted by Crippen LogP contribution is -2.42. The number of hydrogen-bond donors (Lipinski definition) is 0. The molecule has 3 heterocycles. The number of nitrogens with zero attached hydrogens (tertiary/aromatic N) is 7. The Morgan fingerprint density at radius 2 is 0.607 bits per heavy atom. The van der Waals surface area contributed by atoms with Gasteiger partial charge in [0.15, 0.2) is 0 Å². The van der Waals surface area contributed by atoms with Crippen molar-refractivity contribution in [2.75, 3.05) is 136 Å². The van der Waals surface area contributed by atoms with E-state index in [-0.39, 0.29) is 0 Å². The molecule has 0 atom stereocenters. The van der Waals surface area contributed by atoms with Gasteiger partial charge in [0.25, 0.3) is 0 Å². The SMILES string of the molecule is CN(C)C.CN1CCCN(C)CC1.CN1CCN(C)C1.CN1CCN(C)CC1. The Balaban J connectivity index is 0.000000360. The van der Waals surface area contributed by atoms with Crippen molar-refractivity contribution in [3.05, 3.63) is 0 Å². The van der Waals surface area contributed by atoms with Gasteiger partial charge in [0, 0.05) is 52.4 Å². The summed E-state index contributed by atoms with van der Waals surface area (Å²) in [5.74, 6) is 0. The molecule has 0 amide bonds. The van der Waals surface area contributed by atoms with E-state index in [1.807, 2.05) is 26.0 Å². The highest BCUT2D eigenvalue weighted by Gasteiger charge is 2.10. The van der Waals surface area contributed by atoms with Gasteiger partial charge < -0.3 is 24.5 Å². The van der Waals surface area contributed by atoms with Crippen molar-refractivity contribution in [1.82, 2.24) is 34.3 Å². The molecule has 7 nitrogen and oxygen atoms in total. The summed E-state index contributed by atoms with van der Waals surface area (Å²) in [7, 11) is 19.0.